The fourth-order valence-corrected chi connectivity index (χ4v) is 3.86. The molecular formula is C22H26N4O3. The number of amides is 1. The van der Waals surface area contributed by atoms with Crippen molar-refractivity contribution < 1.29 is 13.9 Å². The molecule has 1 fully saturated rings. The molecule has 0 radical (unpaired) electrons. The zero-order valence-corrected chi connectivity index (χ0v) is 16.8. The number of hydrogen-bond acceptors (Lipinski definition) is 6. The summed E-state index contributed by atoms with van der Waals surface area (Å²) in [6, 6.07) is 7.51. The summed E-state index contributed by atoms with van der Waals surface area (Å²) in [7, 11) is 3.92. The van der Waals surface area contributed by atoms with Crippen molar-refractivity contribution in [2.75, 3.05) is 33.9 Å². The molecule has 1 N–H and O–H groups in total. The number of likely N-dealkylation sites (N-methyl/N-ethyl adjacent to an activating group) is 1. The Labute approximate surface area is 170 Å². The van der Waals surface area contributed by atoms with E-state index in [1.807, 2.05) is 49.5 Å². The molecule has 0 spiro atoms. The predicted molar refractivity (Wildman–Crippen MR) is 110 cm³/mol. The number of nitrogens with zero attached hydrogens (tertiary/aromatic N) is 3. The smallest absolute Gasteiger partial charge is 0.269 e. The monoisotopic (exact) mass is 394 g/mol. The van der Waals surface area contributed by atoms with Gasteiger partial charge in [0.05, 0.1) is 17.8 Å². The minimum absolute atomic E-state index is 0.0476. The van der Waals surface area contributed by atoms with Gasteiger partial charge in [0.2, 0.25) is 0 Å². The van der Waals surface area contributed by atoms with Gasteiger partial charge in [0.25, 0.3) is 5.91 Å². The fraction of sp³-hybridized carbons (Fsp3) is 0.409. The Kier molecular flexibility index (Phi) is 5.87. The average molecular weight is 394 g/mol. The van der Waals surface area contributed by atoms with Crippen LogP contribution in [0.3, 0.4) is 0 Å². The van der Waals surface area contributed by atoms with Crippen molar-refractivity contribution in [1.29, 1.82) is 0 Å². The van der Waals surface area contributed by atoms with Crippen molar-refractivity contribution in [3.8, 4) is 0 Å². The first-order valence-corrected chi connectivity index (χ1v) is 9.94. The maximum Gasteiger partial charge on any atom is 0.269 e. The highest BCUT2D eigenvalue weighted by Gasteiger charge is 2.23. The Hall–Kier alpha value is -2.77. The molecule has 1 unspecified atom stereocenters. The summed E-state index contributed by atoms with van der Waals surface area (Å²) in [6.07, 6.45) is 7.08. The summed E-state index contributed by atoms with van der Waals surface area (Å²) in [6.45, 7) is 1.91. The highest BCUT2D eigenvalue weighted by molar-refractivity contribution is 5.96. The summed E-state index contributed by atoms with van der Waals surface area (Å²) in [5.74, 6) is 0.980. The Balaban J connectivity index is 1.58. The first-order chi connectivity index (χ1) is 14.1. The Morgan fingerprint density at radius 3 is 2.86 bits per heavy atom. The van der Waals surface area contributed by atoms with Crippen LogP contribution in [0.25, 0.3) is 10.9 Å². The van der Waals surface area contributed by atoms with Crippen LogP contribution in [0, 0.1) is 0 Å². The zero-order valence-electron chi connectivity index (χ0n) is 16.8. The van der Waals surface area contributed by atoms with Crippen LogP contribution in [0.1, 0.15) is 46.6 Å². The zero-order chi connectivity index (χ0) is 20.2. The van der Waals surface area contributed by atoms with Gasteiger partial charge in [-0.2, -0.15) is 0 Å². The van der Waals surface area contributed by atoms with E-state index in [0.717, 1.165) is 48.3 Å². The van der Waals surface area contributed by atoms with E-state index in [0.29, 0.717) is 18.2 Å². The fourth-order valence-electron chi connectivity index (χ4n) is 3.86. The second kappa shape index (κ2) is 8.71. The summed E-state index contributed by atoms with van der Waals surface area (Å²) < 4.78 is 11.0. The van der Waals surface area contributed by atoms with Crippen LogP contribution in [-0.2, 0) is 4.74 Å². The minimum Gasteiger partial charge on any atom is -0.468 e. The molecular weight excluding hydrogens is 368 g/mol. The normalized spacial score (nSPS) is 16.2. The highest BCUT2D eigenvalue weighted by Crippen LogP contribution is 2.32. The molecule has 4 rings (SSSR count). The van der Waals surface area contributed by atoms with Crippen molar-refractivity contribution in [1.82, 2.24) is 20.2 Å². The molecule has 0 saturated carbocycles. The van der Waals surface area contributed by atoms with Crippen molar-refractivity contribution in [3.63, 3.8) is 0 Å². The van der Waals surface area contributed by atoms with Crippen LogP contribution in [0.15, 0.2) is 47.3 Å². The number of fused-ring (bicyclic) bond motifs is 1. The number of carbonyl (C=O) groups excluding carboxylic acids is 1. The van der Waals surface area contributed by atoms with Crippen LogP contribution in [-0.4, -0.2) is 54.6 Å². The van der Waals surface area contributed by atoms with Gasteiger partial charge in [-0.15, -0.1) is 0 Å². The number of nitrogens with one attached hydrogen (secondary N) is 1. The van der Waals surface area contributed by atoms with Crippen LogP contribution >= 0.6 is 0 Å². The van der Waals surface area contributed by atoms with Gasteiger partial charge in [0.1, 0.15) is 11.5 Å². The number of ether oxygens (including phenoxy) is 1. The molecule has 7 nitrogen and oxygen atoms in total. The van der Waals surface area contributed by atoms with Gasteiger partial charge >= 0.3 is 0 Å². The van der Waals surface area contributed by atoms with E-state index in [9.17, 15) is 4.79 Å². The topological polar surface area (TPSA) is 80.5 Å². The molecule has 0 aliphatic carbocycles. The Morgan fingerprint density at radius 1 is 1.31 bits per heavy atom. The summed E-state index contributed by atoms with van der Waals surface area (Å²) >= 11 is 0. The summed E-state index contributed by atoms with van der Waals surface area (Å²) in [5, 5.41) is 4.03. The van der Waals surface area contributed by atoms with Crippen molar-refractivity contribution >= 4 is 16.8 Å². The lowest BCUT2D eigenvalue weighted by atomic mass is 9.89. The maximum absolute atomic E-state index is 13.0. The predicted octanol–water partition coefficient (Wildman–Crippen LogP) is 3.15. The number of carbonyl (C=O) groups is 1. The van der Waals surface area contributed by atoms with E-state index in [1.54, 1.807) is 12.5 Å². The standard InChI is InChI=1S/C22H26N4O3/c1-26(2)20(21-4-3-9-29-21)14-24-22(27)19-12-16(15-6-10-28-11-7-15)17-13-23-8-5-18(17)25-19/h3-5,8-9,12-13,15,20H,6-7,10-11,14H2,1-2H3,(H,24,27). The lowest BCUT2D eigenvalue weighted by Crippen LogP contribution is -2.34. The summed E-state index contributed by atoms with van der Waals surface area (Å²) in [5.41, 5.74) is 2.36. The third-order valence-electron chi connectivity index (χ3n) is 5.49. The molecule has 3 aromatic heterocycles. The molecule has 1 amide bonds. The lowest BCUT2D eigenvalue weighted by molar-refractivity contribution is 0.0855. The van der Waals surface area contributed by atoms with Gasteiger partial charge in [0, 0.05) is 37.5 Å². The molecule has 4 heterocycles. The van der Waals surface area contributed by atoms with Gasteiger partial charge in [0.15, 0.2) is 0 Å². The van der Waals surface area contributed by atoms with Gasteiger partial charge in [-0.25, -0.2) is 4.98 Å². The SMILES string of the molecule is CN(C)C(CNC(=O)c1cc(C2CCOCC2)c2cnccc2n1)c1ccco1. The van der Waals surface area contributed by atoms with Gasteiger partial charge in [-0.3, -0.25) is 14.7 Å². The molecule has 3 aromatic rings. The van der Waals surface area contributed by atoms with E-state index >= 15 is 0 Å². The second-order valence-electron chi connectivity index (χ2n) is 7.58. The minimum atomic E-state index is -0.185. The number of rotatable bonds is 6. The van der Waals surface area contributed by atoms with Crippen LogP contribution < -0.4 is 5.32 Å². The van der Waals surface area contributed by atoms with E-state index in [4.69, 9.17) is 9.15 Å². The van der Waals surface area contributed by atoms with Gasteiger partial charge in [-0.05, 0) is 62.7 Å². The van der Waals surface area contributed by atoms with E-state index in [2.05, 4.69) is 15.3 Å². The third kappa shape index (κ3) is 4.31. The number of hydrogen-bond donors (Lipinski definition) is 1. The molecule has 152 valence electrons. The van der Waals surface area contributed by atoms with Crippen molar-refractivity contribution in [2.45, 2.75) is 24.8 Å². The van der Waals surface area contributed by atoms with Crippen molar-refractivity contribution in [2.24, 2.45) is 0 Å². The molecule has 0 aromatic carbocycles. The quantitative estimate of drug-likeness (QED) is 0.692. The van der Waals surface area contributed by atoms with Crippen LogP contribution in [0.4, 0.5) is 0 Å². The molecule has 0 bridgehead atoms. The van der Waals surface area contributed by atoms with Gasteiger partial charge < -0.3 is 14.5 Å². The van der Waals surface area contributed by atoms with E-state index in [-0.39, 0.29) is 11.9 Å². The largest absolute Gasteiger partial charge is 0.468 e. The molecule has 1 aliphatic heterocycles. The first-order valence-electron chi connectivity index (χ1n) is 9.94. The molecule has 29 heavy (non-hydrogen) atoms. The number of pyridine rings is 2. The van der Waals surface area contributed by atoms with Crippen molar-refractivity contribution in [3.05, 3.63) is 59.9 Å². The second-order valence-corrected chi connectivity index (χ2v) is 7.58. The van der Waals surface area contributed by atoms with Crippen LogP contribution in [0.2, 0.25) is 0 Å². The maximum atomic E-state index is 13.0. The molecule has 1 saturated heterocycles. The lowest BCUT2D eigenvalue weighted by Gasteiger charge is -2.24. The van der Waals surface area contributed by atoms with E-state index < -0.39 is 0 Å². The highest BCUT2D eigenvalue weighted by atomic mass is 16.5. The van der Waals surface area contributed by atoms with Gasteiger partial charge in [-0.1, -0.05) is 0 Å². The van der Waals surface area contributed by atoms with Crippen LogP contribution in [0.5, 0.6) is 0 Å². The average Bonchev–Trinajstić information content (AvgIpc) is 3.28. The Morgan fingerprint density at radius 2 is 2.14 bits per heavy atom. The van der Waals surface area contributed by atoms with E-state index in [1.165, 1.54) is 0 Å². The Bertz CT molecular complexity index is 965. The summed E-state index contributed by atoms with van der Waals surface area (Å²) in [4.78, 5) is 23.8. The number of furan rings is 1. The first kappa shape index (κ1) is 19.5. The third-order valence-corrected chi connectivity index (χ3v) is 5.49. The molecule has 7 heteroatoms. The molecule has 1 aliphatic rings. The number of aromatic nitrogens is 2. The molecule has 1 atom stereocenters.